The maximum atomic E-state index is 13.8. The minimum Gasteiger partial charge on any atom is -0.481 e. The number of hydrogen-bond acceptors (Lipinski definition) is 9. The van der Waals surface area contributed by atoms with Gasteiger partial charge in [0.25, 0.3) is 0 Å². The summed E-state index contributed by atoms with van der Waals surface area (Å²) in [6.45, 7) is 5.14. The van der Waals surface area contributed by atoms with E-state index >= 15 is 0 Å². The SMILES string of the molecule is CC(C)C[C@H](NC[C@H](Cc1cccc2ccccc12)NC(=O)[C@@H]1CCCN1C(=O)[C@@H](C)NC(=O)[C@H](CO)NC(=O)CCC(=O)O)B(O)O. The Balaban J connectivity index is 1.71. The van der Waals surface area contributed by atoms with Crippen LogP contribution in [0.1, 0.15) is 58.4 Å². The average molecular weight is 670 g/mol. The van der Waals surface area contributed by atoms with Crippen molar-refractivity contribution in [2.45, 2.75) is 89.4 Å². The standard InChI is InChI=1S/C33H48BN5O9/c1-20(2)16-28(34(47)48)35-18-24(17-23-10-6-9-22-8-4-5-11-25(22)23)37-32(45)27-12-7-15-39(27)33(46)21(3)36-31(44)26(19-40)38-29(41)13-14-30(42)43/h4-6,8-11,20-21,24,26-28,35,40,47-48H,7,12-19H2,1-3H3,(H,36,44)(H,37,45)(H,38,41)(H,42,43)/t21-,24+,26+,27+,28+/m1/s1. The van der Waals surface area contributed by atoms with Gasteiger partial charge >= 0.3 is 13.1 Å². The zero-order chi connectivity index (χ0) is 35.4. The van der Waals surface area contributed by atoms with Crippen LogP contribution in [0.5, 0.6) is 0 Å². The normalized spacial score (nSPS) is 17.0. The first-order valence-corrected chi connectivity index (χ1v) is 16.4. The van der Waals surface area contributed by atoms with Gasteiger partial charge in [0.05, 0.1) is 13.0 Å². The Morgan fingerprint density at radius 1 is 0.958 bits per heavy atom. The Bertz CT molecular complexity index is 1420. The van der Waals surface area contributed by atoms with E-state index in [1.807, 2.05) is 56.3 Å². The lowest BCUT2D eigenvalue weighted by Gasteiger charge is -2.30. The Hall–Kier alpha value is -4.05. The van der Waals surface area contributed by atoms with Gasteiger partial charge in [0.1, 0.15) is 18.1 Å². The lowest BCUT2D eigenvalue weighted by molar-refractivity contribution is -0.142. The highest BCUT2D eigenvalue weighted by atomic mass is 16.4. The Morgan fingerprint density at radius 3 is 2.33 bits per heavy atom. The molecule has 0 bridgehead atoms. The van der Waals surface area contributed by atoms with Crippen molar-refractivity contribution >= 4 is 47.5 Å². The van der Waals surface area contributed by atoms with Crippen LogP contribution >= 0.6 is 0 Å². The number of fused-ring (bicyclic) bond motifs is 1. The van der Waals surface area contributed by atoms with Crippen LogP contribution in [0.2, 0.25) is 0 Å². The third-order valence-corrected chi connectivity index (χ3v) is 8.37. The molecule has 1 heterocycles. The number of carboxylic acid groups (broad SMARTS) is 1. The van der Waals surface area contributed by atoms with Crippen LogP contribution in [0.3, 0.4) is 0 Å². The van der Waals surface area contributed by atoms with Crippen molar-refractivity contribution in [3.8, 4) is 0 Å². The van der Waals surface area contributed by atoms with Crippen LogP contribution in [0.25, 0.3) is 10.8 Å². The van der Waals surface area contributed by atoms with E-state index in [4.69, 9.17) is 5.11 Å². The van der Waals surface area contributed by atoms with Gasteiger partial charge < -0.3 is 46.4 Å². The number of carbonyl (C=O) groups excluding carboxylic acids is 4. The molecule has 1 aliphatic heterocycles. The Morgan fingerprint density at radius 2 is 1.67 bits per heavy atom. The molecule has 4 amide bonds. The minimum absolute atomic E-state index is 0.191. The van der Waals surface area contributed by atoms with E-state index in [2.05, 4.69) is 21.3 Å². The first-order valence-electron chi connectivity index (χ1n) is 16.4. The van der Waals surface area contributed by atoms with Gasteiger partial charge in [-0.15, -0.1) is 0 Å². The van der Waals surface area contributed by atoms with Gasteiger partial charge in [0.2, 0.25) is 23.6 Å². The van der Waals surface area contributed by atoms with E-state index in [1.54, 1.807) is 0 Å². The third-order valence-electron chi connectivity index (χ3n) is 8.37. The van der Waals surface area contributed by atoms with Crippen molar-refractivity contribution in [3.05, 3.63) is 48.0 Å². The summed E-state index contributed by atoms with van der Waals surface area (Å²) in [5.41, 5.74) is 0.995. The van der Waals surface area contributed by atoms with E-state index < -0.39 is 73.9 Å². The molecule has 0 spiro atoms. The monoisotopic (exact) mass is 669 g/mol. The summed E-state index contributed by atoms with van der Waals surface area (Å²) in [5.74, 6) is -4.07. The van der Waals surface area contributed by atoms with Crippen molar-refractivity contribution in [2.75, 3.05) is 19.7 Å². The molecule has 0 radical (unpaired) electrons. The van der Waals surface area contributed by atoms with Gasteiger partial charge in [0.15, 0.2) is 0 Å². The molecule has 48 heavy (non-hydrogen) atoms. The van der Waals surface area contributed by atoms with E-state index in [9.17, 15) is 39.1 Å². The molecule has 0 aliphatic carbocycles. The third kappa shape index (κ3) is 11.3. The highest BCUT2D eigenvalue weighted by molar-refractivity contribution is 6.43. The molecule has 3 rings (SSSR count). The first kappa shape index (κ1) is 38.4. The smallest absolute Gasteiger partial charge is 0.469 e. The van der Waals surface area contributed by atoms with Crippen LogP contribution in [0.15, 0.2) is 42.5 Å². The van der Waals surface area contributed by atoms with Crippen LogP contribution in [0, 0.1) is 5.92 Å². The summed E-state index contributed by atoms with van der Waals surface area (Å²) < 4.78 is 0. The van der Waals surface area contributed by atoms with Gasteiger partial charge in [-0.3, -0.25) is 24.0 Å². The van der Waals surface area contributed by atoms with Gasteiger partial charge in [-0.1, -0.05) is 56.3 Å². The zero-order valence-electron chi connectivity index (χ0n) is 27.7. The molecule has 2 aromatic rings. The number of nitrogens with one attached hydrogen (secondary N) is 4. The number of carboxylic acids is 1. The first-order chi connectivity index (χ1) is 22.8. The van der Waals surface area contributed by atoms with Crippen LogP contribution in [-0.2, 0) is 30.4 Å². The topological polar surface area (TPSA) is 218 Å². The van der Waals surface area contributed by atoms with Gasteiger partial charge in [0, 0.05) is 31.5 Å². The number of hydrogen-bond donors (Lipinski definition) is 8. The Labute approximate surface area is 280 Å². The molecule has 1 saturated heterocycles. The molecule has 0 unspecified atom stereocenters. The van der Waals surface area contributed by atoms with Crippen molar-refractivity contribution in [1.82, 2.24) is 26.2 Å². The highest BCUT2D eigenvalue weighted by Gasteiger charge is 2.38. The number of aliphatic carboxylic acids is 1. The lowest BCUT2D eigenvalue weighted by atomic mass is 9.75. The Kier molecular flexibility index (Phi) is 14.8. The van der Waals surface area contributed by atoms with Crippen molar-refractivity contribution < 1.29 is 44.2 Å². The number of carbonyl (C=O) groups is 5. The molecule has 1 fully saturated rings. The van der Waals surface area contributed by atoms with E-state index in [-0.39, 0.29) is 31.3 Å². The molecule has 14 nitrogen and oxygen atoms in total. The summed E-state index contributed by atoms with van der Waals surface area (Å²) in [6.07, 6.45) is 1.07. The fourth-order valence-corrected chi connectivity index (χ4v) is 5.93. The molecule has 0 aromatic heterocycles. The summed E-state index contributed by atoms with van der Waals surface area (Å²) in [4.78, 5) is 64.1. The summed E-state index contributed by atoms with van der Waals surface area (Å²) in [7, 11) is -1.59. The molecule has 0 saturated carbocycles. The fourth-order valence-electron chi connectivity index (χ4n) is 5.93. The lowest BCUT2D eigenvalue weighted by Crippen LogP contribution is -2.58. The predicted molar refractivity (Wildman–Crippen MR) is 179 cm³/mol. The minimum atomic E-state index is -1.59. The van der Waals surface area contributed by atoms with Gasteiger partial charge in [-0.25, -0.2) is 0 Å². The molecule has 1 aliphatic rings. The number of aliphatic hydroxyl groups excluding tert-OH is 1. The number of aliphatic hydroxyl groups is 1. The molecular weight excluding hydrogens is 621 g/mol. The van der Waals surface area contributed by atoms with Crippen LogP contribution in [0.4, 0.5) is 0 Å². The second kappa shape index (κ2) is 18.5. The second-order valence-electron chi connectivity index (χ2n) is 12.7. The average Bonchev–Trinajstić information content (AvgIpc) is 3.54. The van der Waals surface area contributed by atoms with Crippen molar-refractivity contribution in [1.29, 1.82) is 0 Å². The molecule has 8 N–H and O–H groups in total. The fraction of sp³-hybridized carbons (Fsp3) is 0.545. The summed E-state index contributed by atoms with van der Waals surface area (Å²) in [6, 6.07) is 10.1. The molecule has 262 valence electrons. The van der Waals surface area contributed by atoms with Crippen LogP contribution in [-0.4, -0.2) is 112 Å². The number of nitrogens with zero attached hydrogens (tertiary/aromatic N) is 1. The number of rotatable bonds is 18. The molecule has 15 heteroatoms. The van der Waals surface area contributed by atoms with E-state index in [0.29, 0.717) is 25.7 Å². The summed E-state index contributed by atoms with van der Waals surface area (Å²) in [5, 5.41) is 51.5. The quantitative estimate of drug-likeness (QED) is 0.0972. The summed E-state index contributed by atoms with van der Waals surface area (Å²) >= 11 is 0. The van der Waals surface area contributed by atoms with Crippen molar-refractivity contribution in [2.24, 2.45) is 5.92 Å². The van der Waals surface area contributed by atoms with E-state index in [1.165, 1.54) is 11.8 Å². The second-order valence-corrected chi connectivity index (χ2v) is 12.7. The molecular formula is C33H48BN5O9. The largest absolute Gasteiger partial charge is 0.481 e. The predicted octanol–water partition coefficient (Wildman–Crippen LogP) is -0.279. The maximum absolute atomic E-state index is 13.8. The number of likely N-dealkylation sites (tertiary alicyclic amines) is 1. The highest BCUT2D eigenvalue weighted by Crippen LogP contribution is 2.22. The maximum Gasteiger partial charge on any atom is 0.469 e. The zero-order valence-corrected chi connectivity index (χ0v) is 27.7. The number of benzene rings is 2. The van der Waals surface area contributed by atoms with Gasteiger partial charge in [-0.05, 0) is 54.9 Å². The van der Waals surface area contributed by atoms with E-state index in [0.717, 1.165) is 16.3 Å². The molecule has 2 aromatic carbocycles. The molecule has 5 atom stereocenters. The van der Waals surface area contributed by atoms with Gasteiger partial charge in [-0.2, -0.15) is 0 Å². The van der Waals surface area contributed by atoms with Crippen LogP contribution < -0.4 is 21.3 Å². The number of amides is 4. The van der Waals surface area contributed by atoms with Crippen molar-refractivity contribution in [3.63, 3.8) is 0 Å².